The van der Waals surface area contributed by atoms with Crippen LogP contribution in [0.5, 0.6) is 0 Å². The number of esters is 1. The zero-order valence-electron chi connectivity index (χ0n) is 22.3. The minimum Gasteiger partial charge on any atom is -0.462 e. The lowest BCUT2D eigenvalue weighted by Crippen LogP contribution is -2.30. The fourth-order valence-corrected chi connectivity index (χ4v) is 5.45. The number of nitrogens with one attached hydrogen (secondary N) is 2. The minimum absolute atomic E-state index is 0.137. The van der Waals surface area contributed by atoms with Crippen molar-refractivity contribution in [3.05, 3.63) is 104 Å². The van der Waals surface area contributed by atoms with Crippen LogP contribution >= 0.6 is 34.8 Å². The van der Waals surface area contributed by atoms with E-state index in [1.54, 1.807) is 44.2 Å². The predicted octanol–water partition coefficient (Wildman–Crippen LogP) is 6.46. The molecule has 0 aliphatic carbocycles. The van der Waals surface area contributed by atoms with Gasteiger partial charge in [0.25, 0.3) is 5.91 Å². The molecule has 5 aromatic rings. The highest BCUT2D eigenvalue weighted by Gasteiger charge is 2.23. The van der Waals surface area contributed by atoms with Crippen LogP contribution < -0.4 is 5.32 Å². The van der Waals surface area contributed by atoms with Crippen LogP contribution in [-0.4, -0.2) is 49.8 Å². The van der Waals surface area contributed by atoms with Gasteiger partial charge in [-0.2, -0.15) is 5.10 Å². The second-order valence-corrected chi connectivity index (χ2v) is 10.6. The summed E-state index contributed by atoms with van der Waals surface area (Å²) in [4.78, 5) is 37.8. The van der Waals surface area contributed by atoms with E-state index in [1.165, 1.54) is 11.0 Å². The largest absolute Gasteiger partial charge is 0.462 e. The molecule has 0 saturated heterocycles. The Kier molecular flexibility index (Phi) is 8.30. The van der Waals surface area contributed by atoms with Gasteiger partial charge < -0.3 is 15.0 Å². The molecular formula is C29H25Cl3N6O3. The molecule has 1 atom stereocenters. The highest BCUT2D eigenvalue weighted by molar-refractivity contribution is 6.40. The molecular weight excluding hydrogens is 587 g/mol. The first kappa shape index (κ1) is 28.6. The maximum atomic E-state index is 13.4. The molecule has 0 radical (unpaired) electrons. The van der Waals surface area contributed by atoms with Crippen molar-refractivity contribution >= 4 is 57.7 Å². The number of fused-ring (bicyclic) bond motifs is 1. The Bertz CT molecular complexity index is 1740. The molecule has 1 amide bonds. The molecule has 0 fully saturated rings. The maximum Gasteiger partial charge on any atom is 0.338 e. The van der Waals surface area contributed by atoms with E-state index in [2.05, 4.69) is 20.4 Å². The molecule has 0 saturated carbocycles. The number of aryl methyl sites for hydroxylation is 2. The van der Waals surface area contributed by atoms with Gasteiger partial charge in [-0.1, -0.05) is 46.9 Å². The van der Waals surface area contributed by atoms with E-state index in [0.717, 1.165) is 22.2 Å². The fraction of sp³-hybridized carbons (Fsp3) is 0.207. The van der Waals surface area contributed by atoms with Crippen LogP contribution in [0.2, 0.25) is 15.1 Å². The number of imidazole rings is 1. The number of H-pyrrole nitrogens is 1. The molecule has 3 aromatic carbocycles. The summed E-state index contributed by atoms with van der Waals surface area (Å²) in [6, 6.07) is 13.8. The van der Waals surface area contributed by atoms with Crippen molar-refractivity contribution < 1.29 is 14.3 Å². The van der Waals surface area contributed by atoms with Gasteiger partial charge in [0.2, 0.25) is 0 Å². The average molecular weight is 612 g/mol. The van der Waals surface area contributed by atoms with Gasteiger partial charge in [0.15, 0.2) is 0 Å². The number of nitrogens with zero attached hydrogens (tertiary/aromatic N) is 4. The molecule has 1 unspecified atom stereocenters. The van der Waals surface area contributed by atoms with Crippen molar-refractivity contribution in [2.45, 2.75) is 26.7 Å². The van der Waals surface area contributed by atoms with E-state index in [4.69, 9.17) is 44.5 Å². The van der Waals surface area contributed by atoms with Gasteiger partial charge in [0, 0.05) is 11.6 Å². The number of carbonyl (C=O) groups is 2. The van der Waals surface area contributed by atoms with Crippen molar-refractivity contribution in [2.75, 3.05) is 13.2 Å². The van der Waals surface area contributed by atoms with Crippen LogP contribution in [0.25, 0.3) is 16.7 Å². The summed E-state index contributed by atoms with van der Waals surface area (Å²) >= 11 is 19.3. The Morgan fingerprint density at radius 3 is 2.39 bits per heavy atom. The Hall–Kier alpha value is -3.92. The third kappa shape index (κ3) is 6.07. The number of amides is 1. The first-order valence-electron chi connectivity index (χ1n) is 12.7. The summed E-state index contributed by atoms with van der Waals surface area (Å²) in [6.07, 6.45) is 1.54. The zero-order chi connectivity index (χ0) is 29.3. The minimum atomic E-state index is -0.454. The molecule has 2 aromatic heterocycles. The molecule has 12 heteroatoms. The van der Waals surface area contributed by atoms with Crippen LogP contribution in [0.4, 0.5) is 0 Å². The van der Waals surface area contributed by atoms with E-state index in [9.17, 15) is 9.59 Å². The summed E-state index contributed by atoms with van der Waals surface area (Å²) in [6.45, 7) is 5.88. The number of aromatic nitrogens is 5. The number of benzene rings is 3. The van der Waals surface area contributed by atoms with E-state index < -0.39 is 17.8 Å². The molecule has 5 rings (SSSR count). The summed E-state index contributed by atoms with van der Waals surface area (Å²) in [5, 5.41) is 8.13. The average Bonchev–Trinajstić information content (AvgIpc) is 3.55. The van der Waals surface area contributed by atoms with Gasteiger partial charge in [-0.25, -0.2) is 19.4 Å². The van der Waals surface area contributed by atoms with Gasteiger partial charge >= 0.3 is 5.97 Å². The highest BCUT2D eigenvalue weighted by Crippen LogP contribution is 2.30. The Balaban J connectivity index is 1.45. The van der Waals surface area contributed by atoms with E-state index in [1.807, 2.05) is 25.1 Å². The number of hydrogen-bond acceptors (Lipinski definition) is 6. The van der Waals surface area contributed by atoms with Crippen molar-refractivity contribution in [3.8, 4) is 5.69 Å². The molecule has 2 N–H and O–H groups in total. The van der Waals surface area contributed by atoms with Crippen molar-refractivity contribution in [1.82, 2.24) is 30.0 Å². The Labute approximate surface area is 250 Å². The topological polar surface area (TPSA) is 115 Å². The van der Waals surface area contributed by atoms with E-state index in [-0.39, 0.29) is 28.8 Å². The van der Waals surface area contributed by atoms with Crippen LogP contribution in [-0.2, 0) is 4.74 Å². The molecule has 0 aliphatic rings. The lowest BCUT2D eigenvalue weighted by Gasteiger charge is -2.18. The molecule has 41 heavy (non-hydrogen) atoms. The highest BCUT2D eigenvalue weighted by atomic mass is 35.5. The van der Waals surface area contributed by atoms with Crippen molar-refractivity contribution in [2.24, 2.45) is 0 Å². The fourth-order valence-electron chi connectivity index (χ4n) is 4.53. The summed E-state index contributed by atoms with van der Waals surface area (Å²) in [7, 11) is 0. The second-order valence-electron chi connectivity index (χ2n) is 9.37. The molecule has 2 heterocycles. The van der Waals surface area contributed by atoms with Gasteiger partial charge in [-0.05, 0) is 68.3 Å². The van der Waals surface area contributed by atoms with Gasteiger partial charge in [0.1, 0.15) is 18.0 Å². The Morgan fingerprint density at radius 1 is 1.05 bits per heavy atom. The van der Waals surface area contributed by atoms with Gasteiger partial charge in [0.05, 0.1) is 50.4 Å². The molecule has 210 valence electrons. The number of aromatic amines is 1. The molecule has 9 nitrogen and oxygen atoms in total. The smallest absolute Gasteiger partial charge is 0.338 e. The number of rotatable bonds is 8. The van der Waals surface area contributed by atoms with Crippen LogP contribution in [0.1, 0.15) is 56.3 Å². The zero-order valence-corrected chi connectivity index (χ0v) is 24.6. The number of ether oxygens (including phenoxy) is 1. The molecule has 0 bridgehead atoms. The number of hydrogen-bond donors (Lipinski definition) is 2. The summed E-state index contributed by atoms with van der Waals surface area (Å²) in [5.41, 5.74) is 4.41. The predicted molar refractivity (Wildman–Crippen MR) is 159 cm³/mol. The van der Waals surface area contributed by atoms with Crippen molar-refractivity contribution in [1.29, 1.82) is 0 Å². The van der Waals surface area contributed by atoms with Crippen LogP contribution in [0.15, 0.2) is 54.9 Å². The summed E-state index contributed by atoms with van der Waals surface area (Å²) in [5.74, 6) is -0.0701. The van der Waals surface area contributed by atoms with Gasteiger partial charge in [-0.15, -0.1) is 0 Å². The SMILES string of the molecule is CCOC(=O)c1ccc(C(CNC(=O)c2c(Cl)cc(-n3cnc(C)n3)cc2Cl)c2nc3c(C)cc(Cl)cc3[nH]2)cc1. The first-order valence-corrected chi connectivity index (χ1v) is 13.9. The maximum absolute atomic E-state index is 13.4. The molecule has 0 aliphatic heterocycles. The lowest BCUT2D eigenvalue weighted by molar-refractivity contribution is 0.0526. The number of halogens is 3. The lowest BCUT2D eigenvalue weighted by atomic mass is 9.96. The second kappa shape index (κ2) is 11.9. The third-order valence-electron chi connectivity index (χ3n) is 6.51. The quantitative estimate of drug-likeness (QED) is 0.195. The summed E-state index contributed by atoms with van der Waals surface area (Å²) < 4.78 is 6.63. The van der Waals surface area contributed by atoms with Crippen molar-refractivity contribution in [3.63, 3.8) is 0 Å². The Morgan fingerprint density at radius 2 is 1.76 bits per heavy atom. The normalized spacial score (nSPS) is 12.0. The monoisotopic (exact) mass is 610 g/mol. The van der Waals surface area contributed by atoms with E-state index >= 15 is 0 Å². The van der Waals surface area contributed by atoms with Gasteiger partial charge in [-0.3, -0.25) is 4.79 Å². The van der Waals surface area contributed by atoms with E-state index in [0.29, 0.717) is 27.9 Å². The number of carbonyl (C=O) groups excluding carboxylic acids is 2. The van der Waals surface area contributed by atoms with Crippen LogP contribution in [0, 0.1) is 13.8 Å². The third-order valence-corrected chi connectivity index (χ3v) is 7.32. The first-order chi connectivity index (χ1) is 19.6. The standard InChI is InChI=1S/C29H25Cl3N6O3/c1-4-41-29(40)18-7-5-17(6-8-18)21(27-35-24-10-19(30)9-15(2)26(24)36-27)13-33-28(39)25-22(31)11-20(12-23(25)32)38-14-34-16(3)37-38/h5-12,14,21H,4,13H2,1-3H3,(H,33,39)(H,35,36). The molecule has 0 spiro atoms. The van der Waals surface area contributed by atoms with Crippen LogP contribution in [0.3, 0.4) is 0 Å².